The van der Waals surface area contributed by atoms with E-state index in [0.717, 1.165) is 61.2 Å². The van der Waals surface area contributed by atoms with Gasteiger partial charge in [-0.1, -0.05) is 32.6 Å². The summed E-state index contributed by atoms with van der Waals surface area (Å²) in [4.78, 5) is 43.9. The number of aliphatic hydroxyl groups excluding tert-OH is 1. The van der Waals surface area contributed by atoms with Crippen molar-refractivity contribution in [1.29, 1.82) is 0 Å². The van der Waals surface area contributed by atoms with Crippen LogP contribution in [0.4, 0.5) is 0 Å². The van der Waals surface area contributed by atoms with E-state index in [-0.39, 0.29) is 23.6 Å². The molecule has 2 atom stereocenters. The van der Waals surface area contributed by atoms with Crippen LogP contribution in [-0.2, 0) is 16.1 Å². The smallest absolute Gasteiger partial charge is 0.251 e. The number of likely N-dealkylation sites (tertiary alicyclic amines) is 1. The predicted molar refractivity (Wildman–Crippen MR) is 165 cm³/mol. The average Bonchev–Trinajstić information content (AvgIpc) is 3.31. The Morgan fingerprint density at radius 2 is 1.79 bits per heavy atom. The number of unbranched alkanes of at least 4 members (excludes halogenated alkanes) is 1. The van der Waals surface area contributed by atoms with Gasteiger partial charge in [-0.3, -0.25) is 19.3 Å². The number of aromatic nitrogens is 2. The Bertz CT molecular complexity index is 1310. The summed E-state index contributed by atoms with van der Waals surface area (Å²) >= 11 is 0. The maximum absolute atomic E-state index is 13.9. The van der Waals surface area contributed by atoms with Gasteiger partial charge < -0.3 is 20.6 Å². The number of hydrogen-bond donors (Lipinski definition) is 3. The molecule has 1 aromatic carbocycles. The highest BCUT2D eigenvalue weighted by atomic mass is 16.3. The first-order valence-corrected chi connectivity index (χ1v) is 16.1. The van der Waals surface area contributed by atoms with Gasteiger partial charge >= 0.3 is 0 Å². The Labute approximate surface area is 255 Å². The monoisotopic (exact) mass is 592 g/mol. The number of nitrogens with one attached hydrogen (secondary N) is 2. The summed E-state index contributed by atoms with van der Waals surface area (Å²) in [7, 11) is 1.62. The molecule has 2 saturated heterocycles. The second kappa shape index (κ2) is 13.2. The molecule has 5 rings (SSSR count). The largest absolute Gasteiger partial charge is 0.390 e. The second-order valence-electron chi connectivity index (χ2n) is 12.7. The van der Waals surface area contributed by atoms with E-state index in [0.29, 0.717) is 44.6 Å². The molecule has 3 aliphatic rings. The molecule has 3 heterocycles. The molecule has 0 bridgehead atoms. The Balaban J connectivity index is 1.29. The molecule has 0 radical (unpaired) electrons. The van der Waals surface area contributed by atoms with Crippen LogP contribution in [0.15, 0.2) is 24.3 Å². The van der Waals surface area contributed by atoms with E-state index in [4.69, 9.17) is 5.10 Å². The van der Waals surface area contributed by atoms with E-state index >= 15 is 0 Å². The van der Waals surface area contributed by atoms with Crippen molar-refractivity contribution in [3.05, 3.63) is 46.8 Å². The molecule has 234 valence electrons. The van der Waals surface area contributed by atoms with Crippen molar-refractivity contribution >= 4 is 17.7 Å². The molecule has 1 spiro atoms. The summed E-state index contributed by atoms with van der Waals surface area (Å²) in [6, 6.07) is 6.56. The molecule has 0 unspecified atom stereocenters. The van der Waals surface area contributed by atoms with Crippen LogP contribution in [0.1, 0.15) is 92.0 Å². The van der Waals surface area contributed by atoms with Crippen molar-refractivity contribution in [2.45, 2.75) is 103 Å². The molecule has 43 heavy (non-hydrogen) atoms. The van der Waals surface area contributed by atoms with Gasteiger partial charge in [0.25, 0.3) is 5.91 Å². The molecule has 1 aliphatic carbocycles. The minimum Gasteiger partial charge on any atom is -0.390 e. The number of hydrogen-bond acceptors (Lipinski definition) is 6. The summed E-state index contributed by atoms with van der Waals surface area (Å²) in [6.45, 7) is 8.79. The summed E-state index contributed by atoms with van der Waals surface area (Å²) < 4.78 is 1.92. The highest BCUT2D eigenvalue weighted by molar-refractivity contribution is 6.00. The summed E-state index contributed by atoms with van der Waals surface area (Å²) in [5, 5.41) is 21.7. The van der Waals surface area contributed by atoms with Gasteiger partial charge in [-0.05, 0) is 76.1 Å². The van der Waals surface area contributed by atoms with Crippen LogP contribution in [0.2, 0.25) is 0 Å². The van der Waals surface area contributed by atoms with Crippen LogP contribution in [0.3, 0.4) is 0 Å². The Morgan fingerprint density at radius 3 is 2.42 bits per heavy atom. The number of aliphatic hydroxyl groups is 1. The fourth-order valence-electron chi connectivity index (χ4n) is 7.31. The zero-order chi connectivity index (χ0) is 30.7. The minimum absolute atomic E-state index is 0.0631. The van der Waals surface area contributed by atoms with Gasteiger partial charge in [-0.25, -0.2) is 4.68 Å². The third-order valence-electron chi connectivity index (χ3n) is 10.1. The summed E-state index contributed by atoms with van der Waals surface area (Å²) in [5.41, 5.74) is 3.76. The molecular formula is C33H48N6O4. The Hall–Kier alpha value is -3.24. The third kappa shape index (κ3) is 6.09. The van der Waals surface area contributed by atoms with Gasteiger partial charge in [0.15, 0.2) is 0 Å². The number of rotatable bonds is 9. The van der Waals surface area contributed by atoms with Crippen molar-refractivity contribution in [2.75, 3.05) is 26.7 Å². The Kier molecular flexibility index (Phi) is 9.56. The number of carbonyl (C=O) groups is 3. The van der Waals surface area contributed by atoms with E-state index < -0.39 is 17.7 Å². The van der Waals surface area contributed by atoms with Gasteiger partial charge in [0.05, 0.1) is 17.5 Å². The number of benzene rings is 1. The van der Waals surface area contributed by atoms with E-state index in [9.17, 15) is 19.5 Å². The van der Waals surface area contributed by atoms with Crippen molar-refractivity contribution in [3.63, 3.8) is 0 Å². The highest BCUT2D eigenvalue weighted by Crippen LogP contribution is 2.37. The molecule has 2 aliphatic heterocycles. The predicted octanol–water partition coefficient (Wildman–Crippen LogP) is 3.25. The van der Waals surface area contributed by atoms with E-state index in [1.165, 1.54) is 6.42 Å². The van der Waals surface area contributed by atoms with Crippen molar-refractivity contribution in [1.82, 2.24) is 30.2 Å². The molecular weight excluding hydrogens is 544 g/mol. The number of piperidine rings is 1. The number of carbonyl (C=O) groups excluding carboxylic acids is 3. The van der Waals surface area contributed by atoms with Crippen LogP contribution < -0.4 is 10.6 Å². The number of nitrogens with zero attached hydrogens (tertiary/aromatic N) is 4. The minimum atomic E-state index is -0.869. The second-order valence-corrected chi connectivity index (χ2v) is 12.7. The zero-order valence-electron chi connectivity index (χ0n) is 26.2. The molecule has 3 N–H and O–H groups in total. The highest BCUT2D eigenvalue weighted by Gasteiger charge is 2.55. The van der Waals surface area contributed by atoms with E-state index in [1.807, 2.05) is 28.6 Å². The van der Waals surface area contributed by atoms with Crippen LogP contribution in [-0.4, -0.2) is 86.8 Å². The zero-order valence-corrected chi connectivity index (χ0v) is 26.2. The third-order valence-corrected chi connectivity index (χ3v) is 10.1. The van der Waals surface area contributed by atoms with Crippen LogP contribution in [0, 0.1) is 19.8 Å². The molecule has 3 fully saturated rings. The van der Waals surface area contributed by atoms with Crippen molar-refractivity contribution < 1.29 is 19.5 Å². The number of piperazine rings is 1. The fraction of sp³-hybridized carbons (Fsp3) is 0.636. The normalized spacial score (nSPS) is 22.1. The van der Waals surface area contributed by atoms with Gasteiger partial charge in [-0.15, -0.1) is 0 Å². The topological polar surface area (TPSA) is 120 Å². The molecule has 3 amide bonds. The van der Waals surface area contributed by atoms with Gasteiger partial charge in [0, 0.05) is 50.0 Å². The van der Waals surface area contributed by atoms with Crippen LogP contribution in [0.5, 0.6) is 0 Å². The quantitative estimate of drug-likeness (QED) is 0.411. The molecule has 10 nitrogen and oxygen atoms in total. The molecule has 1 saturated carbocycles. The van der Waals surface area contributed by atoms with Gasteiger partial charge in [0.1, 0.15) is 11.6 Å². The average molecular weight is 593 g/mol. The fourth-order valence-corrected chi connectivity index (χ4v) is 7.31. The SMILES string of the molecule is CCCCN1C(=O)[C@@H]([C@H](O)C2CCCCC2)NC(=O)C12CCN(Cc1c(C)nn(-c3ccc(C(=O)NC)cc3)c1C)CC2. The lowest BCUT2D eigenvalue weighted by molar-refractivity contribution is -0.166. The Morgan fingerprint density at radius 1 is 1.12 bits per heavy atom. The molecule has 10 heteroatoms. The van der Waals surface area contributed by atoms with Gasteiger partial charge in [-0.2, -0.15) is 5.10 Å². The maximum Gasteiger partial charge on any atom is 0.251 e. The number of aryl methyl sites for hydroxylation is 1. The van der Waals surface area contributed by atoms with Crippen LogP contribution in [0.25, 0.3) is 5.69 Å². The maximum atomic E-state index is 13.9. The lowest BCUT2D eigenvalue weighted by atomic mass is 9.78. The lowest BCUT2D eigenvalue weighted by Gasteiger charge is -2.52. The molecule has 2 aromatic rings. The summed E-state index contributed by atoms with van der Waals surface area (Å²) in [5.74, 6) is -0.285. The standard InChI is InChI=1S/C33H48N6O4/c1-5-6-18-38-31(42)28(29(40)24-10-8-7-9-11-24)35-32(43)33(38)16-19-37(20-17-33)21-27-22(2)36-39(23(27)3)26-14-12-25(13-15-26)30(41)34-4/h12-15,24,28-29,40H,5-11,16-21H2,1-4H3,(H,34,41)(H,35,43)/t28-,29-/m1/s1. The van der Waals surface area contributed by atoms with Crippen molar-refractivity contribution in [3.8, 4) is 5.69 Å². The first-order valence-electron chi connectivity index (χ1n) is 16.1. The lowest BCUT2D eigenvalue weighted by Crippen LogP contribution is -2.75. The summed E-state index contributed by atoms with van der Waals surface area (Å²) in [6.07, 6.45) is 7.18. The van der Waals surface area contributed by atoms with E-state index in [1.54, 1.807) is 19.2 Å². The molecule has 1 aromatic heterocycles. The van der Waals surface area contributed by atoms with Gasteiger partial charge in [0.2, 0.25) is 11.8 Å². The van der Waals surface area contributed by atoms with E-state index in [2.05, 4.69) is 29.4 Å². The number of amides is 3. The van der Waals surface area contributed by atoms with Crippen LogP contribution >= 0.6 is 0 Å². The van der Waals surface area contributed by atoms with Crippen molar-refractivity contribution in [2.24, 2.45) is 5.92 Å². The first-order chi connectivity index (χ1) is 20.7. The first kappa shape index (κ1) is 31.2.